The van der Waals surface area contributed by atoms with Gasteiger partial charge in [0.15, 0.2) is 5.76 Å². The summed E-state index contributed by atoms with van der Waals surface area (Å²) in [4.78, 5) is 0.0410. The molecule has 17 heavy (non-hydrogen) atoms. The topological polar surface area (TPSA) is 86.2 Å². The second kappa shape index (κ2) is 3.97. The van der Waals surface area contributed by atoms with Gasteiger partial charge < -0.3 is 4.52 Å². The lowest BCUT2D eigenvalue weighted by atomic mass is 10.1. The largest absolute Gasteiger partial charge is 0.356 e. The van der Waals surface area contributed by atoms with Gasteiger partial charge in [-0.25, -0.2) is 13.6 Å². The number of hydrogen-bond donors (Lipinski definition) is 1. The van der Waals surface area contributed by atoms with Crippen LogP contribution in [-0.2, 0) is 10.0 Å². The molecule has 0 spiro atoms. The van der Waals surface area contributed by atoms with Crippen molar-refractivity contribution < 1.29 is 12.9 Å². The van der Waals surface area contributed by atoms with E-state index in [0.29, 0.717) is 11.3 Å². The molecule has 2 rings (SSSR count). The molecule has 0 aliphatic rings. The molecular formula is C11H12N2O3S. The van der Waals surface area contributed by atoms with E-state index in [2.05, 4.69) is 5.16 Å². The first-order valence-corrected chi connectivity index (χ1v) is 6.51. The number of aromatic nitrogens is 1. The number of hydrogen-bond acceptors (Lipinski definition) is 4. The first-order valence-electron chi connectivity index (χ1n) is 4.96. The minimum Gasteiger partial charge on any atom is -0.356 e. The second-order valence-electron chi connectivity index (χ2n) is 3.76. The van der Waals surface area contributed by atoms with Gasteiger partial charge in [-0.1, -0.05) is 17.3 Å². The van der Waals surface area contributed by atoms with Crippen molar-refractivity contribution in [3.63, 3.8) is 0 Å². The monoisotopic (exact) mass is 252 g/mol. The number of sulfonamides is 1. The molecule has 0 atom stereocenters. The molecule has 2 N–H and O–H groups in total. The van der Waals surface area contributed by atoms with Gasteiger partial charge in [-0.05, 0) is 26.0 Å². The summed E-state index contributed by atoms with van der Waals surface area (Å²) in [5.41, 5.74) is 1.97. The molecule has 1 aromatic carbocycles. The standard InChI is InChI=1S/C11H12N2O3S/c1-7-8(2)13-16-11(7)9-5-3-4-6-10(9)17(12,14)15/h3-6H,1-2H3,(H2,12,14,15). The van der Waals surface area contributed by atoms with Crippen LogP contribution in [0.15, 0.2) is 33.7 Å². The predicted octanol–water partition coefficient (Wildman–Crippen LogP) is 1.61. The zero-order chi connectivity index (χ0) is 12.6. The average molecular weight is 252 g/mol. The molecule has 0 amide bonds. The highest BCUT2D eigenvalue weighted by Gasteiger charge is 2.19. The zero-order valence-corrected chi connectivity index (χ0v) is 10.3. The molecule has 0 aliphatic carbocycles. The highest BCUT2D eigenvalue weighted by Crippen LogP contribution is 2.30. The van der Waals surface area contributed by atoms with Crippen LogP contribution in [0.2, 0.25) is 0 Å². The quantitative estimate of drug-likeness (QED) is 0.879. The van der Waals surface area contributed by atoms with E-state index in [-0.39, 0.29) is 4.90 Å². The van der Waals surface area contributed by atoms with Crippen LogP contribution in [0.25, 0.3) is 11.3 Å². The van der Waals surface area contributed by atoms with Crippen LogP contribution in [0.1, 0.15) is 11.3 Å². The molecule has 90 valence electrons. The Hall–Kier alpha value is -1.66. The Bertz CT molecular complexity index is 659. The Morgan fingerprint density at radius 1 is 1.24 bits per heavy atom. The molecule has 1 heterocycles. The lowest BCUT2D eigenvalue weighted by Gasteiger charge is -2.04. The molecule has 0 unspecified atom stereocenters. The number of nitrogens with zero attached hydrogens (tertiary/aromatic N) is 1. The summed E-state index contributed by atoms with van der Waals surface area (Å²) in [6.07, 6.45) is 0. The summed E-state index contributed by atoms with van der Waals surface area (Å²) in [5, 5.41) is 8.97. The normalized spacial score (nSPS) is 11.7. The highest BCUT2D eigenvalue weighted by molar-refractivity contribution is 7.89. The number of aryl methyl sites for hydroxylation is 1. The first kappa shape index (κ1) is 11.8. The zero-order valence-electron chi connectivity index (χ0n) is 9.47. The minimum atomic E-state index is -3.78. The van der Waals surface area contributed by atoms with Crippen LogP contribution in [0.4, 0.5) is 0 Å². The Morgan fingerprint density at radius 2 is 1.88 bits per heavy atom. The van der Waals surface area contributed by atoms with Gasteiger partial charge in [0.25, 0.3) is 0 Å². The fraction of sp³-hybridized carbons (Fsp3) is 0.182. The third-order valence-electron chi connectivity index (χ3n) is 2.60. The van der Waals surface area contributed by atoms with Gasteiger partial charge in [0, 0.05) is 11.1 Å². The van der Waals surface area contributed by atoms with Crippen molar-refractivity contribution in [2.24, 2.45) is 5.14 Å². The molecular weight excluding hydrogens is 240 g/mol. The van der Waals surface area contributed by atoms with Crippen molar-refractivity contribution in [3.8, 4) is 11.3 Å². The summed E-state index contributed by atoms with van der Waals surface area (Å²) >= 11 is 0. The van der Waals surface area contributed by atoms with Gasteiger partial charge in [-0.3, -0.25) is 0 Å². The molecule has 0 radical (unpaired) electrons. The Labute approximate surface area is 99.3 Å². The van der Waals surface area contributed by atoms with E-state index >= 15 is 0 Å². The van der Waals surface area contributed by atoms with E-state index < -0.39 is 10.0 Å². The average Bonchev–Trinajstić information content (AvgIpc) is 2.59. The molecule has 0 saturated carbocycles. The van der Waals surface area contributed by atoms with Crippen LogP contribution in [0, 0.1) is 13.8 Å². The van der Waals surface area contributed by atoms with Crippen LogP contribution in [0.3, 0.4) is 0 Å². The van der Waals surface area contributed by atoms with E-state index in [1.165, 1.54) is 6.07 Å². The van der Waals surface area contributed by atoms with E-state index in [9.17, 15) is 8.42 Å². The van der Waals surface area contributed by atoms with Crippen molar-refractivity contribution in [1.82, 2.24) is 5.16 Å². The minimum absolute atomic E-state index is 0.0410. The Balaban J connectivity index is 2.73. The van der Waals surface area contributed by atoms with E-state index in [4.69, 9.17) is 9.66 Å². The van der Waals surface area contributed by atoms with E-state index in [1.807, 2.05) is 6.92 Å². The van der Waals surface area contributed by atoms with Crippen LogP contribution in [-0.4, -0.2) is 13.6 Å². The molecule has 5 nitrogen and oxygen atoms in total. The highest BCUT2D eigenvalue weighted by atomic mass is 32.2. The molecule has 0 fully saturated rings. The van der Waals surface area contributed by atoms with Gasteiger partial charge in [0.1, 0.15) is 0 Å². The number of rotatable bonds is 2. The van der Waals surface area contributed by atoms with Gasteiger partial charge in [0.05, 0.1) is 10.6 Å². The third kappa shape index (κ3) is 2.09. The summed E-state index contributed by atoms with van der Waals surface area (Å²) in [5.74, 6) is 0.437. The number of nitrogens with two attached hydrogens (primary N) is 1. The van der Waals surface area contributed by atoms with E-state index in [1.54, 1.807) is 25.1 Å². The van der Waals surface area contributed by atoms with Crippen LogP contribution < -0.4 is 5.14 Å². The molecule has 2 aromatic rings. The SMILES string of the molecule is Cc1noc(-c2ccccc2S(N)(=O)=O)c1C. The van der Waals surface area contributed by atoms with Crippen LogP contribution >= 0.6 is 0 Å². The summed E-state index contributed by atoms with van der Waals surface area (Å²) in [6.45, 7) is 3.61. The molecule has 0 bridgehead atoms. The fourth-order valence-corrected chi connectivity index (χ4v) is 2.30. The maximum atomic E-state index is 11.5. The first-order chi connectivity index (χ1) is 7.91. The van der Waals surface area contributed by atoms with Crippen molar-refractivity contribution in [2.75, 3.05) is 0 Å². The molecule has 0 aliphatic heterocycles. The van der Waals surface area contributed by atoms with Gasteiger partial charge >= 0.3 is 0 Å². The van der Waals surface area contributed by atoms with Gasteiger partial charge in [-0.2, -0.15) is 0 Å². The lowest BCUT2D eigenvalue weighted by Crippen LogP contribution is -2.13. The van der Waals surface area contributed by atoms with Crippen molar-refractivity contribution in [3.05, 3.63) is 35.5 Å². The molecule has 0 saturated heterocycles. The Kier molecular flexibility index (Phi) is 2.76. The van der Waals surface area contributed by atoms with Crippen LogP contribution in [0.5, 0.6) is 0 Å². The van der Waals surface area contributed by atoms with Crippen molar-refractivity contribution in [2.45, 2.75) is 18.7 Å². The number of benzene rings is 1. The number of primary sulfonamides is 1. The van der Waals surface area contributed by atoms with E-state index in [0.717, 1.165) is 11.3 Å². The van der Waals surface area contributed by atoms with Gasteiger partial charge in [-0.15, -0.1) is 0 Å². The molecule has 1 aromatic heterocycles. The summed E-state index contributed by atoms with van der Waals surface area (Å²) in [7, 11) is -3.78. The maximum absolute atomic E-state index is 11.5. The lowest BCUT2D eigenvalue weighted by molar-refractivity contribution is 0.426. The molecule has 6 heteroatoms. The summed E-state index contributed by atoms with van der Waals surface area (Å²) < 4.78 is 28.1. The third-order valence-corrected chi connectivity index (χ3v) is 3.56. The van der Waals surface area contributed by atoms with Gasteiger partial charge in [0.2, 0.25) is 10.0 Å². The maximum Gasteiger partial charge on any atom is 0.238 e. The Morgan fingerprint density at radius 3 is 2.41 bits per heavy atom. The fourth-order valence-electron chi connectivity index (χ4n) is 1.57. The predicted molar refractivity (Wildman–Crippen MR) is 62.8 cm³/mol. The second-order valence-corrected chi connectivity index (χ2v) is 5.29. The smallest absolute Gasteiger partial charge is 0.238 e. The van der Waals surface area contributed by atoms with Crippen molar-refractivity contribution in [1.29, 1.82) is 0 Å². The van der Waals surface area contributed by atoms with Crippen molar-refractivity contribution >= 4 is 10.0 Å². The summed E-state index contributed by atoms with van der Waals surface area (Å²) in [6, 6.07) is 6.43.